The molecule has 0 saturated carbocycles. The van der Waals surface area contributed by atoms with Crippen molar-refractivity contribution < 1.29 is 19.1 Å². The third-order valence-corrected chi connectivity index (χ3v) is 5.88. The van der Waals surface area contributed by atoms with Crippen LogP contribution in [0.15, 0.2) is 18.2 Å². The lowest BCUT2D eigenvalue weighted by atomic mass is 10.0. The summed E-state index contributed by atoms with van der Waals surface area (Å²) < 4.78 is 9.55. The lowest BCUT2D eigenvalue weighted by Gasteiger charge is -2.10. The number of unbranched alkanes of at least 4 members (excludes halogenated alkanes) is 14. The molecule has 0 amide bonds. The monoisotopic (exact) mass is 447 g/mol. The Kier molecular flexibility index (Phi) is 16.2. The van der Waals surface area contributed by atoms with Gasteiger partial charge in [0.15, 0.2) is 0 Å². The minimum absolute atomic E-state index is 0.342. The maximum atomic E-state index is 11.9. The first-order chi connectivity index (χ1) is 15.6. The van der Waals surface area contributed by atoms with Crippen molar-refractivity contribution in [1.82, 2.24) is 0 Å². The van der Waals surface area contributed by atoms with Gasteiger partial charge in [-0.1, -0.05) is 96.8 Å². The number of methoxy groups -OCH3 is 2. The zero-order chi connectivity index (χ0) is 23.4. The van der Waals surface area contributed by atoms with Gasteiger partial charge >= 0.3 is 11.9 Å². The Morgan fingerprint density at radius 2 is 1.00 bits per heavy atom. The van der Waals surface area contributed by atoms with Crippen LogP contribution >= 0.6 is 0 Å². The maximum Gasteiger partial charge on any atom is 0.337 e. The van der Waals surface area contributed by atoms with Crippen molar-refractivity contribution in [3.05, 3.63) is 29.3 Å². The first-order valence-electron chi connectivity index (χ1n) is 12.7. The molecule has 5 heteroatoms. The summed E-state index contributed by atoms with van der Waals surface area (Å²) in [6.45, 7) is 3.08. The lowest BCUT2D eigenvalue weighted by molar-refractivity contribution is 0.0599. The minimum atomic E-state index is -0.467. The van der Waals surface area contributed by atoms with Gasteiger partial charge in [0.1, 0.15) is 0 Å². The third kappa shape index (κ3) is 12.7. The number of benzene rings is 1. The van der Waals surface area contributed by atoms with Crippen molar-refractivity contribution in [2.24, 2.45) is 0 Å². The van der Waals surface area contributed by atoms with Crippen LogP contribution < -0.4 is 5.32 Å². The van der Waals surface area contributed by atoms with Crippen LogP contribution in [0.3, 0.4) is 0 Å². The highest BCUT2D eigenvalue weighted by atomic mass is 16.5. The second kappa shape index (κ2) is 18.5. The molecule has 0 aliphatic rings. The number of esters is 2. The molecule has 0 radical (unpaired) electrons. The van der Waals surface area contributed by atoms with E-state index >= 15 is 0 Å². The van der Waals surface area contributed by atoms with Gasteiger partial charge in [0.05, 0.1) is 25.3 Å². The van der Waals surface area contributed by atoms with Crippen molar-refractivity contribution in [2.45, 2.75) is 103 Å². The Balaban J connectivity index is 2.09. The summed E-state index contributed by atoms with van der Waals surface area (Å²) in [6, 6.07) is 4.92. The van der Waals surface area contributed by atoms with Crippen molar-refractivity contribution in [1.29, 1.82) is 0 Å². The molecule has 0 aliphatic heterocycles. The van der Waals surface area contributed by atoms with E-state index in [2.05, 4.69) is 12.2 Å². The van der Waals surface area contributed by atoms with Gasteiger partial charge in [-0.3, -0.25) is 0 Å². The maximum absolute atomic E-state index is 11.9. The van der Waals surface area contributed by atoms with Crippen LogP contribution in [0.1, 0.15) is 124 Å². The molecule has 0 atom stereocenters. The largest absolute Gasteiger partial charge is 0.465 e. The first-order valence-corrected chi connectivity index (χ1v) is 12.7. The molecule has 1 rings (SSSR count). The van der Waals surface area contributed by atoms with E-state index in [9.17, 15) is 9.59 Å². The van der Waals surface area contributed by atoms with E-state index in [4.69, 9.17) is 9.47 Å². The summed E-state index contributed by atoms with van der Waals surface area (Å²) in [6.07, 6.45) is 20.1. The average Bonchev–Trinajstić information content (AvgIpc) is 2.82. The molecule has 1 aromatic rings. The van der Waals surface area contributed by atoms with Crippen molar-refractivity contribution in [3.63, 3.8) is 0 Å². The molecule has 0 aliphatic carbocycles. The quantitative estimate of drug-likeness (QED) is 0.175. The smallest absolute Gasteiger partial charge is 0.337 e. The summed E-state index contributed by atoms with van der Waals surface area (Å²) >= 11 is 0. The summed E-state index contributed by atoms with van der Waals surface area (Å²) in [7, 11) is 2.66. The molecule has 0 saturated heterocycles. The van der Waals surface area contributed by atoms with E-state index < -0.39 is 11.9 Å². The van der Waals surface area contributed by atoms with Gasteiger partial charge in [-0.2, -0.15) is 0 Å². The summed E-state index contributed by atoms with van der Waals surface area (Å²) in [5.41, 5.74) is 1.42. The summed E-state index contributed by atoms with van der Waals surface area (Å²) in [5, 5.41) is 3.31. The molecule has 0 bridgehead atoms. The molecular formula is C27H45NO4. The number of rotatable bonds is 19. The molecule has 0 fully saturated rings. The summed E-state index contributed by atoms with van der Waals surface area (Å²) in [4.78, 5) is 23.7. The third-order valence-electron chi connectivity index (χ3n) is 5.88. The molecule has 0 heterocycles. The van der Waals surface area contributed by atoms with Crippen molar-refractivity contribution in [3.8, 4) is 0 Å². The predicted molar refractivity (Wildman–Crippen MR) is 133 cm³/mol. The number of nitrogens with one attached hydrogen (secondary N) is 1. The number of hydrogen-bond acceptors (Lipinski definition) is 5. The molecule has 182 valence electrons. The van der Waals surface area contributed by atoms with Crippen molar-refractivity contribution >= 4 is 17.6 Å². The highest BCUT2D eigenvalue weighted by Crippen LogP contribution is 2.18. The number of ether oxygens (including phenoxy) is 2. The predicted octanol–water partition coefficient (Wildman–Crippen LogP) is 7.54. The Hall–Kier alpha value is -2.04. The van der Waals surface area contributed by atoms with E-state index in [1.54, 1.807) is 12.1 Å². The van der Waals surface area contributed by atoms with Crippen LogP contribution in [0.5, 0.6) is 0 Å². The number of carbonyl (C=O) groups excluding carboxylic acids is 2. The molecular weight excluding hydrogens is 402 g/mol. The molecule has 32 heavy (non-hydrogen) atoms. The molecule has 0 spiro atoms. The SMILES string of the molecule is CCCCCCCCCCCCCCCCCNc1cc(C(=O)OC)cc(C(=O)OC)c1. The average molecular weight is 448 g/mol. The van der Waals surface area contributed by atoms with E-state index in [0.717, 1.165) is 18.7 Å². The van der Waals surface area contributed by atoms with Gasteiger partial charge in [0, 0.05) is 12.2 Å². The number of anilines is 1. The van der Waals surface area contributed by atoms with Crippen molar-refractivity contribution in [2.75, 3.05) is 26.1 Å². The molecule has 1 N–H and O–H groups in total. The Labute approximate surface area is 195 Å². The Morgan fingerprint density at radius 1 is 0.625 bits per heavy atom. The highest BCUT2D eigenvalue weighted by molar-refractivity contribution is 5.96. The van der Waals surface area contributed by atoms with Crippen LogP contribution in [0.25, 0.3) is 0 Å². The number of hydrogen-bond donors (Lipinski definition) is 1. The van der Waals surface area contributed by atoms with E-state index in [0.29, 0.717) is 11.1 Å². The van der Waals surface area contributed by atoms with E-state index in [1.165, 1.54) is 110 Å². The molecule has 0 aromatic heterocycles. The molecule has 5 nitrogen and oxygen atoms in total. The minimum Gasteiger partial charge on any atom is -0.465 e. The van der Waals surface area contributed by atoms with Gasteiger partial charge in [0.2, 0.25) is 0 Å². The number of carbonyl (C=O) groups is 2. The van der Waals surface area contributed by atoms with Crippen LogP contribution in [-0.4, -0.2) is 32.7 Å². The van der Waals surface area contributed by atoms with Gasteiger partial charge < -0.3 is 14.8 Å². The molecule has 1 aromatic carbocycles. The van der Waals surface area contributed by atoms with Crippen LogP contribution in [0, 0.1) is 0 Å². The summed E-state index contributed by atoms with van der Waals surface area (Å²) in [5.74, 6) is -0.934. The van der Waals surface area contributed by atoms with E-state index in [1.807, 2.05) is 0 Å². The fourth-order valence-electron chi connectivity index (χ4n) is 3.93. The topological polar surface area (TPSA) is 64.6 Å². The van der Waals surface area contributed by atoms with Crippen LogP contribution in [0.2, 0.25) is 0 Å². The Morgan fingerprint density at radius 3 is 1.38 bits per heavy atom. The van der Waals surface area contributed by atoms with Gasteiger partial charge in [-0.15, -0.1) is 0 Å². The standard InChI is InChI=1S/C27H45NO4/c1-4-5-6-7-8-9-10-11-12-13-14-15-16-17-18-19-28-25-21-23(26(29)31-2)20-24(22-25)27(30)32-3/h20-22,28H,4-19H2,1-3H3. The second-order valence-electron chi connectivity index (χ2n) is 8.66. The Bertz CT molecular complexity index is 610. The van der Waals surface area contributed by atoms with Gasteiger partial charge in [-0.05, 0) is 24.6 Å². The molecule has 0 unspecified atom stereocenters. The fraction of sp³-hybridized carbons (Fsp3) is 0.704. The second-order valence-corrected chi connectivity index (χ2v) is 8.66. The fourth-order valence-corrected chi connectivity index (χ4v) is 3.93. The van der Waals surface area contributed by atoms with Crippen LogP contribution in [-0.2, 0) is 9.47 Å². The zero-order valence-electron chi connectivity index (χ0n) is 20.7. The first kappa shape index (κ1) is 28.0. The van der Waals surface area contributed by atoms with Gasteiger partial charge in [0.25, 0.3) is 0 Å². The normalized spacial score (nSPS) is 10.7. The van der Waals surface area contributed by atoms with Crippen LogP contribution in [0.4, 0.5) is 5.69 Å². The van der Waals surface area contributed by atoms with Gasteiger partial charge in [-0.25, -0.2) is 9.59 Å². The van der Waals surface area contributed by atoms with E-state index in [-0.39, 0.29) is 0 Å². The zero-order valence-corrected chi connectivity index (χ0v) is 20.7. The lowest BCUT2D eigenvalue weighted by Crippen LogP contribution is -2.09. The highest BCUT2D eigenvalue weighted by Gasteiger charge is 2.13.